The smallest absolute Gasteiger partial charge is 0.222 e. The Labute approximate surface area is 206 Å². The maximum Gasteiger partial charge on any atom is 0.222 e. The third-order valence-electron chi connectivity index (χ3n) is 5.87. The lowest BCUT2D eigenvalue weighted by atomic mass is 10.1. The Bertz CT molecular complexity index is 865. The topological polar surface area (TPSA) is 60.0 Å². The van der Waals surface area contributed by atoms with Crippen LogP contribution in [0, 0.1) is 0 Å². The predicted molar refractivity (Wildman–Crippen MR) is 139 cm³/mol. The Hall–Kier alpha value is -1.81. The number of amides is 1. The van der Waals surface area contributed by atoms with Gasteiger partial charge in [0.15, 0.2) is 5.96 Å². The predicted octanol–water partition coefficient (Wildman–Crippen LogP) is 3.82. The summed E-state index contributed by atoms with van der Waals surface area (Å²) in [6.45, 7) is 4.46. The van der Waals surface area contributed by atoms with E-state index in [1.165, 1.54) is 16.1 Å². The number of nitrogens with one attached hydrogen (secondary N) is 2. The molecule has 0 aliphatic carbocycles. The number of hydrogen-bond donors (Lipinski definition) is 2. The van der Waals surface area contributed by atoms with E-state index in [1.807, 2.05) is 23.3 Å². The lowest BCUT2D eigenvalue weighted by molar-refractivity contribution is -0.128. The van der Waals surface area contributed by atoms with Gasteiger partial charge in [-0.1, -0.05) is 24.3 Å². The van der Waals surface area contributed by atoms with Gasteiger partial charge >= 0.3 is 0 Å². The summed E-state index contributed by atoms with van der Waals surface area (Å²) in [5.74, 6) is 1.12. The first-order chi connectivity index (χ1) is 14.7. The van der Waals surface area contributed by atoms with Crippen molar-refractivity contribution in [1.82, 2.24) is 15.5 Å². The second-order valence-corrected chi connectivity index (χ2v) is 8.95. The summed E-state index contributed by atoms with van der Waals surface area (Å²) < 4.78 is 0. The number of aliphatic imine (C=N–C) groups is 1. The average molecular weight is 554 g/mol. The SMILES string of the molecule is CN=C(NCc1cccc(CN2CCCC2=O)c1)NC1CCN(c2cccs2)CC1.I. The zero-order valence-corrected chi connectivity index (χ0v) is 21.2. The van der Waals surface area contributed by atoms with Crippen LogP contribution in [0.5, 0.6) is 0 Å². The van der Waals surface area contributed by atoms with Crippen molar-refractivity contribution in [2.75, 3.05) is 31.6 Å². The summed E-state index contributed by atoms with van der Waals surface area (Å²) in [7, 11) is 1.82. The third kappa shape index (κ3) is 6.58. The van der Waals surface area contributed by atoms with E-state index in [9.17, 15) is 4.79 Å². The molecule has 0 spiro atoms. The standard InChI is InChI=1S/C23H31N5OS.HI/c1-24-23(26-20-9-12-27(13-10-20)22-8-4-14-30-22)25-16-18-5-2-6-19(15-18)17-28-11-3-7-21(28)29;/h2,4-6,8,14-15,20H,3,7,9-13,16-17H2,1H3,(H2,24,25,26);1H. The molecule has 6 nitrogen and oxygen atoms in total. The minimum absolute atomic E-state index is 0. The number of carbonyl (C=O) groups excluding carboxylic acids is 1. The fraction of sp³-hybridized carbons (Fsp3) is 0.478. The molecular formula is C23H32IN5OS. The molecule has 4 rings (SSSR count). The minimum atomic E-state index is 0. The zero-order chi connectivity index (χ0) is 20.8. The molecule has 31 heavy (non-hydrogen) atoms. The quantitative estimate of drug-likeness (QED) is 0.325. The molecule has 0 saturated carbocycles. The van der Waals surface area contributed by atoms with E-state index in [0.717, 1.165) is 51.4 Å². The van der Waals surface area contributed by atoms with Crippen molar-refractivity contribution < 1.29 is 4.79 Å². The monoisotopic (exact) mass is 553 g/mol. The van der Waals surface area contributed by atoms with Crippen LogP contribution in [0.1, 0.15) is 36.8 Å². The van der Waals surface area contributed by atoms with Crippen LogP contribution in [0.15, 0.2) is 46.8 Å². The number of benzene rings is 1. The number of thiophene rings is 1. The van der Waals surface area contributed by atoms with E-state index < -0.39 is 0 Å². The van der Waals surface area contributed by atoms with Gasteiger partial charge in [0.1, 0.15) is 0 Å². The highest BCUT2D eigenvalue weighted by atomic mass is 127. The summed E-state index contributed by atoms with van der Waals surface area (Å²) in [5, 5.41) is 10.5. The van der Waals surface area contributed by atoms with Gasteiger partial charge in [-0.15, -0.1) is 35.3 Å². The van der Waals surface area contributed by atoms with Crippen LogP contribution in [0.2, 0.25) is 0 Å². The Balaban J connectivity index is 0.00000272. The number of nitrogens with zero attached hydrogens (tertiary/aromatic N) is 3. The second-order valence-electron chi connectivity index (χ2n) is 8.02. The molecule has 2 aliphatic heterocycles. The normalized spacial score (nSPS) is 17.6. The van der Waals surface area contributed by atoms with Gasteiger partial charge in [-0.25, -0.2) is 0 Å². The number of halogens is 1. The van der Waals surface area contributed by atoms with E-state index in [4.69, 9.17) is 0 Å². The first kappa shape index (κ1) is 23.8. The summed E-state index contributed by atoms with van der Waals surface area (Å²) in [6.07, 6.45) is 3.89. The number of hydrogen-bond acceptors (Lipinski definition) is 4. The number of carbonyl (C=O) groups is 1. The average Bonchev–Trinajstić information content (AvgIpc) is 3.44. The molecular weight excluding hydrogens is 521 g/mol. The maximum absolute atomic E-state index is 11.9. The van der Waals surface area contributed by atoms with Crippen LogP contribution in [-0.4, -0.2) is 49.5 Å². The van der Waals surface area contributed by atoms with Gasteiger partial charge in [-0.05, 0) is 47.9 Å². The van der Waals surface area contributed by atoms with E-state index in [1.54, 1.807) is 0 Å². The van der Waals surface area contributed by atoms with Crippen molar-refractivity contribution in [3.05, 3.63) is 52.9 Å². The summed E-state index contributed by atoms with van der Waals surface area (Å²) >= 11 is 1.81. The first-order valence-corrected chi connectivity index (χ1v) is 11.7. The first-order valence-electron chi connectivity index (χ1n) is 10.8. The molecule has 0 radical (unpaired) electrons. The van der Waals surface area contributed by atoms with E-state index in [0.29, 0.717) is 19.0 Å². The third-order valence-corrected chi connectivity index (χ3v) is 6.80. The van der Waals surface area contributed by atoms with Crippen molar-refractivity contribution in [2.24, 2.45) is 4.99 Å². The highest BCUT2D eigenvalue weighted by molar-refractivity contribution is 14.0. The molecule has 3 heterocycles. The lowest BCUT2D eigenvalue weighted by Crippen LogP contribution is -2.48. The molecule has 168 valence electrons. The number of anilines is 1. The molecule has 8 heteroatoms. The molecule has 2 N–H and O–H groups in total. The molecule has 0 atom stereocenters. The van der Waals surface area contributed by atoms with Gasteiger partial charge in [-0.2, -0.15) is 0 Å². The molecule has 2 aromatic rings. The van der Waals surface area contributed by atoms with Crippen molar-refractivity contribution in [1.29, 1.82) is 0 Å². The molecule has 0 unspecified atom stereocenters. The number of likely N-dealkylation sites (tertiary alicyclic amines) is 1. The van der Waals surface area contributed by atoms with Crippen LogP contribution in [-0.2, 0) is 17.9 Å². The Kier molecular flexibility index (Phi) is 9.01. The van der Waals surface area contributed by atoms with Crippen LogP contribution in [0.3, 0.4) is 0 Å². The molecule has 1 aromatic carbocycles. The fourth-order valence-corrected chi connectivity index (χ4v) is 4.98. The lowest BCUT2D eigenvalue weighted by Gasteiger charge is -2.33. The Morgan fingerprint density at radius 3 is 2.65 bits per heavy atom. The molecule has 0 bridgehead atoms. The van der Waals surface area contributed by atoms with E-state index in [-0.39, 0.29) is 29.9 Å². The fourth-order valence-electron chi connectivity index (χ4n) is 4.20. The van der Waals surface area contributed by atoms with Crippen LogP contribution in [0.25, 0.3) is 0 Å². The van der Waals surface area contributed by atoms with Gasteiger partial charge in [0, 0.05) is 52.2 Å². The molecule has 1 amide bonds. The highest BCUT2D eigenvalue weighted by Crippen LogP contribution is 2.24. The van der Waals surface area contributed by atoms with Gasteiger partial charge in [0.2, 0.25) is 5.91 Å². The van der Waals surface area contributed by atoms with Crippen molar-refractivity contribution in [3.8, 4) is 0 Å². The summed E-state index contributed by atoms with van der Waals surface area (Å²) in [4.78, 5) is 20.7. The number of guanidine groups is 1. The molecule has 2 fully saturated rings. The van der Waals surface area contributed by atoms with Gasteiger partial charge in [-0.3, -0.25) is 9.79 Å². The molecule has 1 aromatic heterocycles. The van der Waals surface area contributed by atoms with Gasteiger partial charge in [0.05, 0.1) is 5.00 Å². The summed E-state index contributed by atoms with van der Waals surface area (Å²) in [5.41, 5.74) is 2.39. The molecule has 2 saturated heterocycles. The van der Waals surface area contributed by atoms with Crippen LogP contribution >= 0.6 is 35.3 Å². The number of rotatable bonds is 6. The van der Waals surface area contributed by atoms with Crippen molar-refractivity contribution in [2.45, 2.75) is 44.8 Å². The summed E-state index contributed by atoms with van der Waals surface area (Å²) in [6, 6.07) is 13.2. The van der Waals surface area contributed by atoms with E-state index in [2.05, 4.69) is 62.3 Å². The van der Waals surface area contributed by atoms with Crippen LogP contribution in [0.4, 0.5) is 5.00 Å². The van der Waals surface area contributed by atoms with Gasteiger partial charge < -0.3 is 20.4 Å². The number of piperidine rings is 1. The second kappa shape index (κ2) is 11.7. The highest BCUT2D eigenvalue weighted by Gasteiger charge is 2.21. The Morgan fingerprint density at radius 1 is 1.16 bits per heavy atom. The minimum Gasteiger partial charge on any atom is -0.363 e. The zero-order valence-electron chi connectivity index (χ0n) is 18.0. The van der Waals surface area contributed by atoms with Gasteiger partial charge in [0.25, 0.3) is 0 Å². The Morgan fingerprint density at radius 2 is 1.97 bits per heavy atom. The largest absolute Gasteiger partial charge is 0.363 e. The van der Waals surface area contributed by atoms with Crippen molar-refractivity contribution >= 4 is 52.2 Å². The van der Waals surface area contributed by atoms with E-state index >= 15 is 0 Å². The van der Waals surface area contributed by atoms with Crippen LogP contribution < -0.4 is 15.5 Å². The van der Waals surface area contributed by atoms with Crippen molar-refractivity contribution in [3.63, 3.8) is 0 Å². The molecule has 2 aliphatic rings. The maximum atomic E-state index is 11.9.